The smallest absolute Gasteiger partial charge is 0.274 e. The van der Waals surface area contributed by atoms with Crippen molar-refractivity contribution in [1.29, 1.82) is 0 Å². The summed E-state index contributed by atoms with van der Waals surface area (Å²) in [6.07, 6.45) is 6.32. The van der Waals surface area contributed by atoms with Gasteiger partial charge in [0.1, 0.15) is 5.69 Å². The van der Waals surface area contributed by atoms with Gasteiger partial charge in [0.15, 0.2) is 0 Å². The van der Waals surface area contributed by atoms with E-state index in [1.54, 1.807) is 36.5 Å². The van der Waals surface area contributed by atoms with Crippen LogP contribution in [-0.2, 0) is 0 Å². The predicted molar refractivity (Wildman–Crippen MR) is 87.3 cm³/mol. The van der Waals surface area contributed by atoms with Crippen LogP contribution in [0.5, 0.6) is 0 Å². The molecule has 22 heavy (non-hydrogen) atoms. The summed E-state index contributed by atoms with van der Waals surface area (Å²) in [7, 11) is 0. The third-order valence-electron chi connectivity index (χ3n) is 3.68. The zero-order valence-electron chi connectivity index (χ0n) is 12.1. The molecule has 114 valence electrons. The van der Waals surface area contributed by atoms with E-state index in [2.05, 4.69) is 20.6 Å². The van der Waals surface area contributed by atoms with Crippen molar-refractivity contribution >= 4 is 29.1 Å². The summed E-state index contributed by atoms with van der Waals surface area (Å²) >= 11 is 5.83. The van der Waals surface area contributed by atoms with Gasteiger partial charge in [-0.1, -0.05) is 24.4 Å². The number of benzene rings is 1. The minimum Gasteiger partial charge on any atom is -0.351 e. The molecule has 1 amide bonds. The Labute approximate surface area is 134 Å². The second-order valence-corrected chi connectivity index (χ2v) is 5.79. The molecule has 2 N–H and O–H groups in total. The lowest BCUT2D eigenvalue weighted by atomic mass is 10.2. The maximum absolute atomic E-state index is 12.2. The SMILES string of the molecule is O=C(Nc1ccc(Cl)cc1)c1ccnc(NC2CCCC2)n1. The Kier molecular flexibility index (Phi) is 4.53. The van der Waals surface area contributed by atoms with Crippen LogP contribution >= 0.6 is 11.6 Å². The molecule has 6 heteroatoms. The first-order chi connectivity index (χ1) is 10.7. The first kappa shape index (κ1) is 14.8. The minimum absolute atomic E-state index is 0.265. The van der Waals surface area contributed by atoms with Crippen LogP contribution in [0.3, 0.4) is 0 Å². The Morgan fingerprint density at radius 2 is 1.86 bits per heavy atom. The van der Waals surface area contributed by atoms with E-state index in [0.29, 0.717) is 28.4 Å². The van der Waals surface area contributed by atoms with Crippen LogP contribution < -0.4 is 10.6 Å². The fraction of sp³-hybridized carbons (Fsp3) is 0.312. The van der Waals surface area contributed by atoms with Crippen molar-refractivity contribution in [2.24, 2.45) is 0 Å². The number of amides is 1. The van der Waals surface area contributed by atoms with Gasteiger partial charge in [-0.2, -0.15) is 0 Å². The second kappa shape index (κ2) is 6.75. The minimum atomic E-state index is -0.265. The van der Waals surface area contributed by atoms with Crippen molar-refractivity contribution in [3.8, 4) is 0 Å². The maximum atomic E-state index is 12.2. The van der Waals surface area contributed by atoms with Gasteiger partial charge in [0, 0.05) is 22.9 Å². The van der Waals surface area contributed by atoms with Gasteiger partial charge in [-0.3, -0.25) is 4.79 Å². The summed E-state index contributed by atoms with van der Waals surface area (Å²) in [6, 6.07) is 8.96. The zero-order chi connectivity index (χ0) is 15.4. The molecular formula is C16H17ClN4O. The average Bonchev–Trinajstić information content (AvgIpc) is 3.03. The van der Waals surface area contributed by atoms with Gasteiger partial charge < -0.3 is 10.6 Å². The molecule has 1 aliphatic carbocycles. The van der Waals surface area contributed by atoms with Gasteiger partial charge >= 0.3 is 0 Å². The number of carbonyl (C=O) groups excluding carboxylic acids is 1. The highest BCUT2D eigenvalue weighted by atomic mass is 35.5. The molecule has 0 saturated heterocycles. The van der Waals surface area contributed by atoms with Crippen molar-refractivity contribution in [2.75, 3.05) is 10.6 Å². The summed E-state index contributed by atoms with van der Waals surface area (Å²) in [5, 5.41) is 6.71. The van der Waals surface area contributed by atoms with E-state index in [1.807, 2.05) is 0 Å². The quantitative estimate of drug-likeness (QED) is 0.901. The number of halogens is 1. The van der Waals surface area contributed by atoms with Gasteiger partial charge in [-0.25, -0.2) is 9.97 Å². The first-order valence-corrected chi connectivity index (χ1v) is 7.75. The Morgan fingerprint density at radius 3 is 2.59 bits per heavy atom. The molecule has 1 fully saturated rings. The van der Waals surface area contributed by atoms with Crippen molar-refractivity contribution in [1.82, 2.24) is 9.97 Å². The van der Waals surface area contributed by atoms with Crippen LogP contribution in [0.1, 0.15) is 36.2 Å². The van der Waals surface area contributed by atoms with Gasteiger partial charge in [0.2, 0.25) is 5.95 Å². The number of hydrogen-bond donors (Lipinski definition) is 2. The van der Waals surface area contributed by atoms with Crippen LogP contribution in [-0.4, -0.2) is 21.9 Å². The fourth-order valence-corrected chi connectivity index (χ4v) is 2.66. The number of rotatable bonds is 4. The molecular weight excluding hydrogens is 300 g/mol. The molecule has 1 saturated carbocycles. The normalized spacial score (nSPS) is 14.8. The highest BCUT2D eigenvalue weighted by molar-refractivity contribution is 6.30. The molecule has 5 nitrogen and oxygen atoms in total. The maximum Gasteiger partial charge on any atom is 0.274 e. The van der Waals surface area contributed by atoms with Crippen LogP contribution in [0.15, 0.2) is 36.5 Å². The van der Waals surface area contributed by atoms with E-state index >= 15 is 0 Å². The number of carbonyl (C=O) groups is 1. The van der Waals surface area contributed by atoms with E-state index in [1.165, 1.54) is 12.8 Å². The topological polar surface area (TPSA) is 66.9 Å². The van der Waals surface area contributed by atoms with E-state index < -0.39 is 0 Å². The third-order valence-corrected chi connectivity index (χ3v) is 3.93. The Hall–Kier alpha value is -2.14. The average molecular weight is 317 g/mol. The molecule has 0 spiro atoms. The summed E-state index contributed by atoms with van der Waals surface area (Å²) in [5.41, 5.74) is 1.02. The zero-order valence-corrected chi connectivity index (χ0v) is 12.8. The Balaban J connectivity index is 1.67. The lowest BCUT2D eigenvalue weighted by molar-refractivity contribution is 0.102. The number of nitrogens with one attached hydrogen (secondary N) is 2. The molecule has 1 aromatic carbocycles. The van der Waals surface area contributed by atoms with Crippen molar-refractivity contribution < 1.29 is 4.79 Å². The van der Waals surface area contributed by atoms with Crippen LogP contribution in [0.25, 0.3) is 0 Å². The molecule has 0 atom stereocenters. The van der Waals surface area contributed by atoms with E-state index in [9.17, 15) is 4.79 Å². The molecule has 0 unspecified atom stereocenters. The molecule has 1 aromatic heterocycles. The largest absolute Gasteiger partial charge is 0.351 e. The van der Waals surface area contributed by atoms with Gasteiger partial charge in [-0.05, 0) is 43.2 Å². The molecule has 0 bridgehead atoms. The van der Waals surface area contributed by atoms with Gasteiger partial charge in [0.05, 0.1) is 0 Å². The van der Waals surface area contributed by atoms with Crippen molar-refractivity contribution in [3.63, 3.8) is 0 Å². The standard InChI is InChI=1S/C16H17ClN4O/c17-11-5-7-13(8-6-11)19-15(22)14-9-10-18-16(21-14)20-12-3-1-2-4-12/h5-10,12H,1-4H2,(H,19,22)(H,18,20,21). The monoisotopic (exact) mass is 316 g/mol. The van der Waals surface area contributed by atoms with Crippen LogP contribution in [0, 0.1) is 0 Å². The highest BCUT2D eigenvalue weighted by Gasteiger charge is 2.16. The number of aromatic nitrogens is 2. The Morgan fingerprint density at radius 1 is 1.14 bits per heavy atom. The predicted octanol–water partition coefficient (Wildman–Crippen LogP) is 3.74. The number of anilines is 2. The molecule has 2 aromatic rings. The summed E-state index contributed by atoms with van der Waals surface area (Å²) < 4.78 is 0. The molecule has 1 heterocycles. The van der Waals surface area contributed by atoms with Crippen molar-refractivity contribution in [2.45, 2.75) is 31.7 Å². The number of hydrogen-bond acceptors (Lipinski definition) is 4. The number of nitrogens with zero attached hydrogens (tertiary/aromatic N) is 2. The second-order valence-electron chi connectivity index (χ2n) is 5.35. The lowest BCUT2D eigenvalue weighted by Gasteiger charge is -2.12. The summed E-state index contributed by atoms with van der Waals surface area (Å²) in [4.78, 5) is 20.7. The third kappa shape index (κ3) is 3.74. The van der Waals surface area contributed by atoms with E-state index in [0.717, 1.165) is 12.8 Å². The molecule has 0 aliphatic heterocycles. The first-order valence-electron chi connectivity index (χ1n) is 7.37. The van der Waals surface area contributed by atoms with Gasteiger partial charge in [-0.15, -0.1) is 0 Å². The van der Waals surface area contributed by atoms with Crippen molar-refractivity contribution in [3.05, 3.63) is 47.2 Å². The lowest BCUT2D eigenvalue weighted by Crippen LogP contribution is -2.19. The Bertz CT molecular complexity index is 653. The molecule has 0 radical (unpaired) electrons. The van der Waals surface area contributed by atoms with Crippen LogP contribution in [0.4, 0.5) is 11.6 Å². The molecule has 3 rings (SSSR count). The summed E-state index contributed by atoms with van der Waals surface area (Å²) in [5.74, 6) is 0.245. The van der Waals surface area contributed by atoms with E-state index in [4.69, 9.17) is 11.6 Å². The summed E-state index contributed by atoms with van der Waals surface area (Å²) in [6.45, 7) is 0. The van der Waals surface area contributed by atoms with Gasteiger partial charge in [0.25, 0.3) is 5.91 Å². The fourth-order valence-electron chi connectivity index (χ4n) is 2.54. The molecule has 1 aliphatic rings. The highest BCUT2D eigenvalue weighted by Crippen LogP contribution is 2.20. The van der Waals surface area contributed by atoms with E-state index in [-0.39, 0.29) is 5.91 Å². The van der Waals surface area contributed by atoms with Crippen LogP contribution in [0.2, 0.25) is 5.02 Å².